The lowest BCUT2D eigenvalue weighted by Gasteiger charge is -1.95. The van der Waals surface area contributed by atoms with E-state index in [9.17, 15) is 5.11 Å². The van der Waals surface area contributed by atoms with Crippen LogP contribution in [-0.4, -0.2) is 4.86 Å². The predicted molar refractivity (Wildman–Crippen MR) is 35.1 cm³/mol. The Bertz CT molecular complexity index is 165. The zero-order valence-electron chi connectivity index (χ0n) is 4.26. The van der Waals surface area contributed by atoms with Gasteiger partial charge in [0.15, 0.2) is 5.76 Å². The normalized spacial score (nSPS) is 18.5. The molecule has 0 spiro atoms. The standard InChI is InChI=1S/C6H5OS/c7-5-1-3-6(8)4-2-5/h1-3H,4H2. The van der Waals surface area contributed by atoms with Gasteiger partial charge in [-0.05, 0) is 18.2 Å². The molecule has 0 saturated heterocycles. The highest BCUT2D eigenvalue weighted by molar-refractivity contribution is 7.80. The largest absolute Gasteiger partial charge is 0.290 e. The Kier molecular flexibility index (Phi) is 1.44. The molecule has 0 bridgehead atoms. The van der Waals surface area contributed by atoms with Gasteiger partial charge in [0, 0.05) is 11.3 Å². The molecule has 0 aromatic carbocycles. The summed E-state index contributed by atoms with van der Waals surface area (Å²) in [6.45, 7) is 0. The van der Waals surface area contributed by atoms with Crippen molar-refractivity contribution in [2.75, 3.05) is 0 Å². The summed E-state index contributed by atoms with van der Waals surface area (Å²) in [4.78, 5) is 0.838. The predicted octanol–water partition coefficient (Wildman–Crippen LogP) is 1.63. The first kappa shape index (κ1) is 5.51. The van der Waals surface area contributed by atoms with Crippen LogP contribution >= 0.6 is 12.2 Å². The Hall–Kier alpha value is -0.630. The fraction of sp³-hybridized carbons (Fsp3) is 0.167. The minimum Gasteiger partial charge on any atom is -0.290 e. The van der Waals surface area contributed by atoms with Crippen molar-refractivity contribution in [1.82, 2.24) is 0 Å². The van der Waals surface area contributed by atoms with Gasteiger partial charge in [0.25, 0.3) is 0 Å². The Morgan fingerprint density at radius 1 is 1.50 bits per heavy atom. The van der Waals surface area contributed by atoms with Crippen LogP contribution in [0.4, 0.5) is 0 Å². The summed E-state index contributed by atoms with van der Waals surface area (Å²) in [5.41, 5.74) is 0. The van der Waals surface area contributed by atoms with E-state index in [0.29, 0.717) is 6.42 Å². The van der Waals surface area contributed by atoms with Crippen molar-refractivity contribution < 1.29 is 5.11 Å². The highest BCUT2D eigenvalue weighted by Gasteiger charge is 1.97. The summed E-state index contributed by atoms with van der Waals surface area (Å²) in [6.07, 6.45) is 5.40. The molecule has 1 aliphatic carbocycles. The van der Waals surface area contributed by atoms with Crippen LogP contribution < -0.4 is 0 Å². The second kappa shape index (κ2) is 2.09. The minimum atomic E-state index is 0.0681. The molecule has 0 N–H and O–H groups in total. The first-order valence-electron chi connectivity index (χ1n) is 2.37. The maximum absolute atomic E-state index is 10.4. The van der Waals surface area contributed by atoms with Gasteiger partial charge in [-0.2, -0.15) is 0 Å². The van der Waals surface area contributed by atoms with Crippen LogP contribution in [0.1, 0.15) is 6.42 Å². The molecule has 0 aromatic rings. The molecule has 0 atom stereocenters. The van der Waals surface area contributed by atoms with E-state index in [0.717, 1.165) is 4.86 Å². The van der Waals surface area contributed by atoms with Gasteiger partial charge in [-0.25, -0.2) is 0 Å². The van der Waals surface area contributed by atoms with Crippen molar-refractivity contribution in [1.29, 1.82) is 0 Å². The molecule has 0 unspecified atom stereocenters. The summed E-state index contributed by atoms with van der Waals surface area (Å²) < 4.78 is 0. The van der Waals surface area contributed by atoms with Crippen molar-refractivity contribution in [3.63, 3.8) is 0 Å². The molecular weight excluding hydrogens is 120 g/mol. The number of allylic oxidation sites excluding steroid dienone is 3. The Balaban J connectivity index is 2.71. The van der Waals surface area contributed by atoms with Crippen molar-refractivity contribution in [2.45, 2.75) is 6.42 Å². The molecule has 1 radical (unpaired) electrons. The molecule has 0 aromatic heterocycles. The molecule has 0 amide bonds. The number of thiocarbonyl (C=S) groups is 1. The monoisotopic (exact) mass is 125 g/mol. The summed E-state index contributed by atoms with van der Waals surface area (Å²) >= 11 is 4.79. The van der Waals surface area contributed by atoms with Crippen LogP contribution in [0, 0.1) is 0 Å². The van der Waals surface area contributed by atoms with E-state index in [-0.39, 0.29) is 5.76 Å². The minimum absolute atomic E-state index is 0.0681. The van der Waals surface area contributed by atoms with E-state index in [1.54, 1.807) is 12.2 Å². The van der Waals surface area contributed by atoms with E-state index < -0.39 is 0 Å². The van der Waals surface area contributed by atoms with Crippen molar-refractivity contribution in [3.8, 4) is 0 Å². The van der Waals surface area contributed by atoms with E-state index in [4.69, 9.17) is 12.2 Å². The highest BCUT2D eigenvalue weighted by Crippen LogP contribution is 2.04. The molecule has 1 aliphatic rings. The zero-order chi connectivity index (χ0) is 5.98. The maximum Gasteiger partial charge on any atom is 0.175 e. The average molecular weight is 125 g/mol. The van der Waals surface area contributed by atoms with Crippen molar-refractivity contribution in [3.05, 3.63) is 24.0 Å². The van der Waals surface area contributed by atoms with Crippen molar-refractivity contribution in [2.24, 2.45) is 0 Å². The van der Waals surface area contributed by atoms with Gasteiger partial charge >= 0.3 is 0 Å². The van der Waals surface area contributed by atoms with Gasteiger partial charge in [-0.3, -0.25) is 5.11 Å². The van der Waals surface area contributed by atoms with E-state index in [2.05, 4.69) is 0 Å². The van der Waals surface area contributed by atoms with Crippen LogP contribution in [0.2, 0.25) is 0 Å². The van der Waals surface area contributed by atoms with Gasteiger partial charge in [-0.15, -0.1) is 0 Å². The summed E-state index contributed by atoms with van der Waals surface area (Å²) in [5, 5.41) is 10.4. The number of hydrogen-bond donors (Lipinski definition) is 0. The van der Waals surface area contributed by atoms with Gasteiger partial charge < -0.3 is 0 Å². The van der Waals surface area contributed by atoms with Crippen LogP contribution in [-0.2, 0) is 5.11 Å². The third-order valence-electron chi connectivity index (χ3n) is 0.938. The van der Waals surface area contributed by atoms with Gasteiger partial charge in [0.2, 0.25) is 0 Å². The molecule has 41 valence electrons. The third-order valence-corrected chi connectivity index (χ3v) is 1.24. The first-order chi connectivity index (χ1) is 3.79. The van der Waals surface area contributed by atoms with Crippen LogP contribution in [0.15, 0.2) is 24.0 Å². The van der Waals surface area contributed by atoms with Crippen molar-refractivity contribution >= 4 is 17.1 Å². The molecule has 2 heteroatoms. The average Bonchev–Trinajstić information content (AvgIpc) is 1.77. The second-order valence-electron chi connectivity index (χ2n) is 1.61. The first-order valence-corrected chi connectivity index (χ1v) is 2.78. The van der Waals surface area contributed by atoms with Gasteiger partial charge in [0.1, 0.15) is 0 Å². The van der Waals surface area contributed by atoms with E-state index in [1.807, 2.05) is 0 Å². The summed E-state index contributed by atoms with van der Waals surface area (Å²) in [6, 6.07) is 0. The second-order valence-corrected chi connectivity index (χ2v) is 2.13. The Morgan fingerprint density at radius 2 is 2.25 bits per heavy atom. The van der Waals surface area contributed by atoms with Gasteiger partial charge in [0.05, 0.1) is 0 Å². The number of hydrogen-bond acceptors (Lipinski definition) is 1. The number of rotatable bonds is 0. The SMILES string of the molecule is [O]C1=CCC(=S)C=C1. The topological polar surface area (TPSA) is 19.9 Å². The lowest BCUT2D eigenvalue weighted by Crippen LogP contribution is -1.91. The molecular formula is C6H5OS. The highest BCUT2D eigenvalue weighted by atomic mass is 32.1. The maximum atomic E-state index is 10.4. The van der Waals surface area contributed by atoms with E-state index in [1.165, 1.54) is 6.08 Å². The molecule has 8 heavy (non-hydrogen) atoms. The fourth-order valence-electron chi connectivity index (χ4n) is 0.512. The van der Waals surface area contributed by atoms with Gasteiger partial charge in [-0.1, -0.05) is 12.2 Å². The molecule has 0 heterocycles. The summed E-state index contributed by atoms with van der Waals surface area (Å²) in [5.74, 6) is 0.0681. The molecule has 0 saturated carbocycles. The zero-order valence-corrected chi connectivity index (χ0v) is 5.07. The molecule has 1 nitrogen and oxygen atoms in total. The van der Waals surface area contributed by atoms with E-state index >= 15 is 0 Å². The Morgan fingerprint density at radius 3 is 2.62 bits per heavy atom. The lowest BCUT2D eigenvalue weighted by molar-refractivity contribution is 0.314. The van der Waals surface area contributed by atoms with Crippen LogP contribution in [0.5, 0.6) is 0 Å². The smallest absolute Gasteiger partial charge is 0.175 e. The molecule has 1 rings (SSSR count). The lowest BCUT2D eigenvalue weighted by atomic mass is 10.2. The third kappa shape index (κ3) is 1.17. The quantitative estimate of drug-likeness (QED) is 0.450. The fourth-order valence-corrected chi connectivity index (χ4v) is 0.664. The van der Waals surface area contributed by atoms with Crippen LogP contribution in [0.3, 0.4) is 0 Å². The van der Waals surface area contributed by atoms with Crippen LogP contribution in [0.25, 0.3) is 0 Å². The molecule has 0 aliphatic heterocycles. The molecule has 0 fully saturated rings. The summed E-state index contributed by atoms with van der Waals surface area (Å²) in [7, 11) is 0. The Labute approximate surface area is 53.3 Å².